The molecule has 5 heterocycles. The second-order valence-corrected chi connectivity index (χ2v) is 9.88. The Bertz CT molecular complexity index is 1510. The Morgan fingerprint density at radius 3 is 2.78 bits per heavy atom. The number of aromatic nitrogens is 1. The van der Waals surface area contributed by atoms with Crippen LogP contribution in [0.15, 0.2) is 53.5 Å². The third-order valence-corrected chi connectivity index (χ3v) is 7.80. The zero-order chi connectivity index (χ0) is 25.4. The Morgan fingerprint density at radius 2 is 1.92 bits per heavy atom. The number of benzene rings is 2. The smallest absolute Gasteiger partial charge is 0.278 e. The average Bonchev–Trinajstić information content (AvgIpc) is 3.04. The quantitative estimate of drug-likeness (QED) is 0.544. The maximum atomic E-state index is 14.6. The van der Waals surface area contributed by atoms with Crippen LogP contribution in [0.2, 0.25) is 0 Å². The van der Waals surface area contributed by atoms with E-state index < -0.39 is 29.3 Å². The van der Waals surface area contributed by atoms with Crippen molar-refractivity contribution in [3.8, 4) is 11.5 Å². The summed E-state index contributed by atoms with van der Waals surface area (Å²) < 4.78 is 28.1. The molecule has 7 rings (SSSR count). The first-order chi connectivity index (χ1) is 17.9. The maximum absolute atomic E-state index is 14.6. The lowest BCUT2D eigenvalue weighted by atomic mass is 9.93. The zero-order valence-corrected chi connectivity index (χ0v) is 20.1. The van der Waals surface area contributed by atoms with Crippen molar-refractivity contribution in [2.45, 2.75) is 31.7 Å². The highest BCUT2D eigenvalue weighted by Gasteiger charge is 2.47. The fraction of sp³-hybridized carbons (Fsp3) is 0.333. The number of carbonyl (C=O) groups is 1. The summed E-state index contributed by atoms with van der Waals surface area (Å²) in [7, 11) is 0. The second kappa shape index (κ2) is 7.97. The van der Waals surface area contributed by atoms with Crippen molar-refractivity contribution in [3.05, 3.63) is 87.1 Å². The van der Waals surface area contributed by atoms with E-state index in [2.05, 4.69) is 11.8 Å². The summed E-state index contributed by atoms with van der Waals surface area (Å²) >= 11 is 0. The van der Waals surface area contributed by atoms with Crippen LogP contribution in [0.5, 0.6) is 11.5 Å². The molecule has 3 aromatic rings. The minimum atomic E-state index is -0.625. The van der Waals surface area contributed by atoms with E-state index in [1.165, 1.54) is 18.3 Å². The summed E-state index contributed by atoms with van der Waals surface area (Å²) in [5, 5.41) is 12.7. The molecule has 4 aliphatic rings. The topological polar surface area (TPSA) is 87.5 Å². The van der Waals surface area contributed by atoms with Gasteiger partial charge in [0.05, 0.1) is 24.9 Å². The van der Waals surface area contributed by atoms with E-state index in [1.54, 1.807) is 21.7 Å². The molecule has 1 amide bonds. The van der Waals surface area contributed by atoms with Crippen molar-refractivity contribution in [3.63, 3.8) is 0 Å². The first-order valence-corrected chi connectivity index (χ1v) is 12.4. The Kier molecular flexibility index (Phi) is 4.78. The van der Waals surface area contributed by atoms with E-state index in [0.717, 1.165) is 28.1 Å². The third-order valence-electron chi connectivity index (χ3n) is 7.80. The van der Waals surface area contributed by atoms with Crippen LogP contribution < -0.4 is 20.1 Å². The number of aromatic hydroxyl groups is 1. The normalized spacial score (nSPS) is 23.9. The van der Waals surface area contributed by atoms with Gasteiger partial charge in [-0.2, -0.15) is 0 Å². The molecule has 1 saturated heterocycles. The lowest BCUT2D eigenvalue weighted by Crippen LogP contribution is -2.66. The van der Waals surface area contributed by atoms with Crippen LogP contribution in [0, 0.1) is 5.82 Å². The molecule has 4 aliphatic heterocycles. The number of pyridine rings is 1. The molecular formula is C27H25FN4O5. The monoisotopic (exact) mass is 504 g/mol. The van der Waals surface area contributed by atoms with Crippen LogP contribution in [0.1, 0.15) is 40.1 Å². The van der Waals surface area contributed by atoms with Crippen LogP contribution >= 0.6 is 0 Å². The van der Waals surface area contributed by atoms with Crippen molar-refractivity contribution in [2.75, 3.05) is 36.3 Å². The van der Waals surface area contributed by atoms with Crippen LogP contribution in [0.3, 0.4) is 0 Å². The highest BCUT2D eigenvalue weighted by atomic mass is 19.1. The largest absolute Gasteiger partial charge is 0.502 e. The molecule has 1 fully saturated rings. The lowest BCUT2D eigenvalue weighted by Gasteiger charge is -2.51. The molecule has 0 aliphatic carbocycles. The number of amides is 1. The third kappa shape index (κ3) is 3.11. The number of rotatable bonds is 1. The summed E-state index contributed by atoms with van der Waals surface area (Å²) in [6, 6.07) is 11.4. The molecule has 190 valence electrons. The number of fused-ring (bicyclic) bond motifs is 3. The molecule has 3 atom stereocenters. The number of hydrogen-bond donors (Lipinski definition) is 1. The number of nitrogens with zero attached hydrogens (tertiary/aromatic N) is 4. The molecule has 0 spiro atoms. The first kappa shape index (κ1) is 22.2. The maximum Gasteiger partial charge on any atom is 0.278 e. The summed E-state index contributed by atoms with van der Waals surface area (Å²) in [6.45, 7) is 3.96. The summed E-state index contributed by atoms with van der Waals surface area (Å²) in [5.74, 6) is -0.616. The minimum absolute atomic E-state index is 0.0490. The van der Waals surface area contributed by atoms with Crippen molar-refractivity contribution >= 4 is 11.6 Å². The molecule has 1 N–H and O–H groups in total. The van der Waals surface area contributed by atoms with Crippen molar-refractivity contribution < 1.29 is 23.8 Å². The van der Waals surface area contributed by atoms with E-state index in [1.807, 2.05) is 23.2 Å². The Hall–Kier alpha value is -4.05. The van der Waals surface area contributed by atoms with Crippen LogP contribution in [-0.2, 0) is 11.3 Å². The van der Waals surface area contributed by atoms with Crippen LogP contribution in [-0.4, -0.2) is 59.2 Å². The number of ether oxygens (including phenoxy) is 2. The van der Waals surface area contributed by atoms with E-state index in [-0.39, 0.29) is 24.2 Å². The van der Waals surface area contributed by atoms with Gasteiger partial charge in [0.2, 0.25) is 5.43 Å². The predicted octanol–water partition coefficient (Wildman–Crippen LogP) is 2.33. The SMILES string of the molecule is CC1COc2cccc3c2N1Cc1cc(F)ccc1[C@@H]3N1[C@@H]2COCCN2C(=O)c2c(O)c(=O)ccn21. The van der Waals surface area contributed by atoms with E-state index in [0.29, 0.717) is 26.3 Å². The van der Waals surface area contributed by atoms with Gasteiger partial charge in [-0.15, -0.1) is 0 Å². The Morgan fingerprint density at radius 1 is 1.05 bits per heavy atom. The predicted molar refractivity (Wildman–Crippen MR) is 132 cm³/mol. The fourth-order valence-corrected chi connectivity index (χ4v) is 6.08. The summed E-state index contributed by atoms with van der Waals surface area (Å²) in [6.07, 6.45) is 0.990. The summed E-state index contributed by atoms with van der Waals surface area (Å²) in [5.41, 5.74) is 2.78. The molecule has 10 heteroatoms. The van der Waals surface area contributed by atoms with E-state index in [4.69, 9.17) is 9.47 Å². The number of carbonyl (C=O) groups excluding carboxylic acids is 1. The van der Waals surface area contributed by atoms with Crippen LogP contribution in [0.25, 0.3) is 0 Å². The molecule has 2 aromatic carbocycles. The van der Waals surface area contributed by atoms with Gasteiger partial charge in [-0.3, -0.25) is 19.3 Å². The molecule has 1 aromatic heterocycles. The standard InChI is InChI=1S/C27H25FN4O5/c1-15-13-37-21-4-2-3-19-23(18-6-5-17(28)11-16(18)12-30(15)24(19)21)32-22-14-36-10-9-29(22)27(35)25-26(34)20(33)7-8-31(25)32/h2-8,11,15,22-23,34H,9-10,12-14H2,1H3/t15?,22-,23+/m1/s1. The van der Waals surface area contributed by atoms with Gasteiger partial charge in [0, 0.05) is 30.9 Å². The van der Waals surface area contributed by atoms with Gasteiger partial charge in [-0.25, -0.2) is 4.39 Å². The molecule has 37 heavy (non-hydrogen) atoms. The Labute approximate surface area is 211 Å². The summed E-state index contributed by atoms with van der Waals surface area (Å²) in [4.78, 5) is 29.8. The highest BCUT2D eigenvalue weighted by molar-refractivity contribution is 5.96. The number of halogens is 1. The van der Waals surface area contributed by atoms with Gasteiger partial charge < -0.3 is 24.4 Å². The molecule has 0 bridgehead atoms. The number of para-hydroxylation sites is 1. The molecule has 0 radical (unpaired) electrons. The Balaban J connectivity index is 1.55. The molecule has 1 unspecified atom stereocenters. The number of anilines is 1. The van der Waals surface area contributed by atoms with Gasteiger partial charge in [0.15, 0.2) is 11.4 Å². The van der Waals surface area contributed by atoms with Crippen molar-refractivity contribution in [1.82, 2.24) is 9.58 Å². The highest BCUT2D eigenvalue weighted by Crippen LogP contribution is 2.48. The van der Waals surface area contributed by atoms with E-state index >= 15 is 0 Å². The minimum Gasteiger partial charge on any atom is -0.502 e. The fourth-order valence-electron chi connectivity index (χ4n) is 6.08. The van der Waals surface area contributed by atoms with Gasteiger partial charge in [-0.05, 0) is 36.2 Å². The number of hydrogen-bond acceptors (Lipinski definition) is 7. The van der Waals surface area contributed by atoms with Gasteiger partial charge in [0.25, 0.3) is 5.91 Å². The van der Waals surface area contributed by atoms with Crippen molar-refractivity contribution in [1.29, 1.82) is 0 Å². The van der Waals surface area contributed by atoms with Gasteiger partial charge >= 0.3 is 0 Å². The molecular weight excluding hydrogens is 479 g/mol. The van der Waals surface area contributed by atoms with Gasteiger partial charge in [0.1, 0.15) is 30.4 Å². The molecule has 0 saturated carbocycles. The number of morpholine rings is 1. The van der Waals surface area contributed by atoms with Gasteiger partial charge in [-0.1, -0.05) is 18.2 Å². The van der Waals surface area contributed by atoms with E-state index in [9.17, 15) is 19.1 Å². The van der Waals surface area contributed by atoms with Crippen LogP contribution in [0.4, 0.5) is 10.1 Å². The lowest BCUT2D eigenvalue weighted by molar-refractivity contribution is -0.0196. The second-order valence-electron chi connectivity index (χ2n) is 9.88. The zero-order valence-electron chi connectivity index (χ0n) is 20.1. The van der Waals surface area contributed by atoms with Crippen molar-refractivity contribution in [2.24, 2.45) is 0 Å². The average molecular weight is 505 g/mol. The molecule has 9 nitrogen and oxygen atoms in total. The first-order valence-electron chi connectivity index (χ1n) is 12.4.